The van der Waals surface area contributed by atoms with Crippen LogP contribution in [0.3, 0.4) is 0 Å². The second-order valence-electron chi connectivity index (χ2n) is 3.64. The van der Waals surface area contributed by atoms with Crippen LogP contribution in [-0.4, -0.2) is 39.4 Å². The highest BCUT2D eigenvalue weighted by Crippen LogP contribution is 2.09. The molecule has 86 valence electrons. The van der Waals surface area contributed by atoms with Gasteiger partial charge >= 0.3 is 0 Å². The van der Waals surface area contributed by atoms with Gasteiger partial charge in [0.1, 0.15) is 0 Å². The Morgan fingerprint density at radius 3 is 1.79 bits per heavy atom. The average molecular weight is 206 g/mol. The van der Waals surface area contributed by atoms with Crippen molar-refractivity contribution < 1.29 is 20.4 Å². The summed E-state index contributed by atoms with van der Waals surface area (Å²) in [6.45, 7) is 0.0396. The number of aliphatic hydroxyl groups is 4. The van der Waals surface area contributed by atoms with Gasteiger partial charge in [0.25, 0.3) is 0 Å². The van der Waals surface area contributed by atoms with Crippen LogP contribution in [0.5, 0.6) is 0 Å². The molecule has 1 unspecified atom stereocenters. The highest BCUT2D eigenvalue weighted by molar-refractivity contribution is 4.55. The molecule has 0 aromatic rings. The molecule has 0 aliphatic carbocycles. The van der Waals surface area contributed by atoms with Crippen LogP contribution < -0.4 is 0 Å². The molecule has 4 heteroatoms. The highest BCUT2D eigenvalue weighted by atomic mass is 16.5. The minimum Gasteiger partial charge on any atom is -0.396 e. The number of hydrogen-bond donors (Lipinski definition) is 4. The van der Waals surface area contributed by atoms with E-state index < -0.39 is 6.29 Å². The van der Waals surface area contributed by atoms with Crippen molar-refractivity contribution in [3.05, 3.63) is 0 Å². The van der Waals surface area contributed by atoms with Crippen molar-refractivity contribution in [3.8, 4) is 0 Å². The SMILES string of the molecule is OCCC(O)CCCCCCC(O)O. The molecular weight excluding hydrogens is 184 g/mol. The largest absolute Gasteiger partial charge is 0.396 e. The van der Waals surface area contributed by atoms with Crippen LogP contribution in [0.15, 0.2) is 0 Å². The van der Waals surface area contributed by atoms with Gasteiger partial charge in [0.2, 0.25) is 0 Å². The zero-order valence-corrected chi connectivity index (χ0v) is 8.60. The summed E-state index contributed by atoms with van der Waals surface area (Å²) >= 11 is 0. The second kappa shape index (κ2) is 9.40. The van der Waals surface area contributed by atoms with E-state index in [4.69, 9.17) is 15.3 Å². The van der Waals surface area contributed by atoms with Crippen LogP contribution in [0, 0.1) is 0 Å². The van der Waals surface area contributed by atoms with E-state index >= 15 is 0 Å². The summed E-state index contributed by atoms with van der Waals surface area (Å²) in [5.41, 5.74) is 0. The van der Waals surface area contributed by atoms with Gasteiger partial charge in [0.15, 0.2) is 6.29 Å². The van der Waals surface area contributed by atoms with Gasteiger partial charge in [-0.15, -0.1) is 0 Å². The lowest BCUT2D eigenvalue weighted by Gasteiger charge is -2.08. The smallest absolute Gasteiger partial charge is 0.151 e. The Morgan fingerprint density at radius 2 is 1.29 bits per heavy atom. The summed E-state index contributed by atoms with van der Waals surface area (Å²) in [6, 6.07) is 0. The molecule has 0 heterocycles. The summed E-state index contributed by atoms with van der Waals surface area (Å²) in [6.07, 6.45) is 3.74. The number of hydrogen-bond acceptors (Lipinski definition) is 4. The van der Waals surface area contributed by atoms with Crippen LogP contribution in [0.2, 0.25) is 0 Å². The van der Waals surface area contributed by atoms with Gasteiger partial charge in [-0.25, -0.2) is 0 Å². The predicted molar refractivity (Wildman–Crippen MR) is 53.6 cm³/mol. The van der Waals surface area contributed by atoms with Crippen molar-refractivity contribution in [2.45, 2.75) is 57.3 Å². The fraction of sp³-hybridized carbons (Fsp3) is 1.00. The first-order valence-electron chi connectivity index (χ1n) is 5.32. The molecule has 0 amide bonds. The van der Waals surface area contributed by atoms with E-state index in [-0.39, 0.29) is 12.7 Å². The molecule has 0 aliphatic rings. The van der Waals surface area contributed by atoms with Crippen molar-refractivity contribution in [1.82, 2.24) is 0 Å². The van der Waals surface area contributed by atoms with Crippen LogP contribution in [0.4, 0.5) is 0 Å². The van der Waals surface area contributed by atoms with E-state index in [0.717, 1.165) is 32.1 Å². The highest BCUT2D eigenvalue weighted by Gasteiger charge is 2.02. The van der Waals surface area contributed by atoms with Gasteiger partial charge in [-0.3, -0.25) is 0 Å². The van der Waals surface area contributed by atoms with Gasteiger partial charge in [0, 0.05) is 6.61 Å². The molecule has 0 bridgehead atoms. The molecule has 0 rings (SSSR count). The zero-order chi connectivity index (χ0) is 10.8. The molecule has 0 aromatic heterocycles. The molecule has 4 N–H and O–H groups in total. The third-order valence-electron chi connectivity index (χ3n) is 2.21. The fourth-order valence-corrected chi connectivity index (χ4v) is 1.35. The summed E-state index contributed by atoms with van der Waals surface area (Å²) < 4.78 is 0. The molecule has 14 heavy (non-hydrogen) atoms. The lowest BCUT2D eigenvalue weighted by molar-refractivity contribution is -0.0466. The second-order valence-corrected chi connectivity index (χ2v) is 3.64. The normalized spacial score (nSPS) is 13.5. The predicted octanol–water partition coefficient (Wildman–Crippen LogP) is 0.381. The van der Waals surface area contributed by atoms with E-state index in [1.165, 1.54) is 0 Å². The van der Waals surface area contributed by atoms with E-state index in [1.807, 2.05) is 0 Å². The van der Waals surface area contributed by atoms with E-state index in [1.54, 1.807) is 0 Å². The molecule has 0 saturated carbocycles. The van der Waals surface area contributed by atoms with Crippen molar-refractivity contribution in [3.63, 3.8) is 0 Å². The van der Waals surface area contributed by atoms with E-state index in [9.17, 15) is 5.11 Å². The number of unbranched alkanes of at least 4 members (excludes halogenated alkanes) is 3. The van der Waals surface area contributed by atoms with Crippen LogP contribution in [0.1, 0.15) is 44.9 Å². The number of rotatable bonds is 9. The Bertz CT molecular complexity index is 117. The molecule has 0 radical (unpaired) electrons. The molecule has 1 atom stereocenters. The minimum absolute atomic E-state index is 0.0396. The van der Waals surface area contributed by atoms with Crippen LogP contribution in [0.25, 0.3) is 0 Å². The van der Waals surface area contributed by atoms with Crippen molar-refractivity contribution in [2.75, 3.05) is 6.61 Å². The van der Waals surface area contributed by atoms with Crippen molar-refractivity contribution in [1.29, 1.82) is 0 Å². The number of aliphatic hydroxyl groups excluding tert-OH is 3. The lowest BCUT2D eigenvalue weighted by atomic mass is 10.1. The molecule has 0 aromatic carbocycles. The zero-order valence-electron chi connectivity index (χ0n) is 8.60. The summed E-state index contributed by atoms with van der Waals surface area (Å²) in [4.78, 5) is 0. The molecule has 4 nitrogen and oxygen atoms in total. The van der Waals surface area contributed by atoms with Crippen molar-refractivity contribution >= 4 is 0 Å². The summed E-state index contributed by atoms with van der Waals surface area (Å²) in [5.74, 6) is 0. The summed E-state index contributed by atoms with van der Waals surface area (Å²) in [7, 11) is 0. The quantitative estimate of drug-likeness (QED) is 0.325. The van der Waals surface area contributed by atoms with Gasteiger partial charge < -0.3 is 20.4 Å². The third-order valence-corrected chi connectivity index (χ3v) is 2.21. The first kappa shape index (κ1) is 13.8. The van der Waals surface area contributed by atoms with Gasteiger partial charge in [-0.2, -0.15) is 0 Å². The third kappa shape index (κ3) is 9.92. The maximum absolute atomic E-state index is 9.25. The first-order valence-corrected chi connectivity index (χ1v) is 5.32. The Kier molecular flexibility index (Phi) is 9.29. The Hall–Kier alpha value is -0.160. The molecule has 0 fully saturated rings. The van der Waals surface area contributed by atoms with Gasteiger partial charge in [-0.1, -0.05) is 19.3 Å². The topological polar surface area (TPSA) is 80.9 Å². The lowest BCUT2D eigenvalue weighted by Crippen LogP contribution is -2.08. The Labute approximate surface area is 85.2 Å². The van der Waals surface area contributed by atoms with Crippen LogP contribution in [-0.2, 0) is 0 Å². The van der Waals surface area contributed by atoms with E-state index in [2.05, 4.69) is 0 Å². The molecule has 0 spiro atoms. The van der Waals surface area contributed by atoms with Crippen LogP contribution >= 0.6 is 0 Å². The molecule has 0 aliphatic heterocycles. The van der Waals surface area contributed by atoms with Gasteiger partial charge in [0.05, 0.1) is 6.10 Å². The Balaban J connectivity index is 3.05. The monoisotopic (exact) mass is 206 g/mol. The minimum atomic E-state index is -1.19. The molecular formula is C10H22O4. The fourth-order valence-electron chi connectivity index (χ4n) is 1.35. The average Bonchev–Trinajstić information content (AvgIpc) is 2.11. The van der Waals surface area contributed by atoms with E-state index in [0.29, 0.717) is 12.8 Å². The summed E-state index contributed by atoms with van der Waals surface area (Å²) in [5, 5.41) is 34.9. The van der Waals surface area contributed by atoms with Gasteiger partial charge in [-0.05, 0) is 25.7 Å². The first-order chi connectivity index (χ1) is 6.66. The maximum atomic E-state index is 9.25. The molecule has 0 saturated heterocycles. The maximum Gasteiger partial charge on any atom is 0.151 e. The standard InChI is InChI=1S/C10H22O4/c11-8-7-9(12)5-3-1-2-4-6-10(13)14/h9-14H,1-8H2. The van der Waals surface area contributed by atoms with Crippen molar-refractivity contribution in [2.24, 2.45) is 0 Å². The Morgan fingerprint density at radius 1 is 0.714 bits per heavy atom.